The van der Waals surface area contributed by atoms with Gasteiger partial charge in [0.15, 0.2) is 0 Å². The number of halogens is 2. The van der Waals surface area contributed by atoms with Crippen LogP contribution in [0.15, 0.2) is 11.1 Å². The van der Waals surface area contributed by atoms with Gasteiger partial charge >= 0.3 is 0 Å². The quantitative estimate of drug-likeness (QED) is 0.688. The summed E-state index contributed by atoms with van der Waals surface area (Å²) in [5.74, 6) is 0. The topological polar surface area (TPSA) is 3.24 Å². The van der Waals surface area contributed by atoms with Crippen LogP contribution in [-0.2, 0) is 0 Å². The molecule has 0 saturated heterocycles. The van der Waals surface area contributed by atoms with Gasteiger partial charge in [0.1, 0.15) is 0 Å². The van der Waals surface area contributed by atoms with Crippen molar-refractivity contribution in [3.8, 4) is 0 Å². The maximum Gasteiger partial charge on any atom is 0.0205 e. The molecule has 88 valence electrons. The first-order valence-electron chi connectivity index (χ1n) is 5.83. The van der Waals surface area contributed by atoms with Crippen molar-refractivity contribution in [1.29, 1.82) is 0 Å². The Bertz CT molecular complexity index is 200. The molecular weight excluding hydrogens is 273 g/mol. The van der Waals surface area contributed by atoms with Crippen LogP contribution in [0.4, 0.5) is 0 Å². The van der Waals surface area contributed by atoms with E-state index in [1.165, 1.54) is 37.7 Å². The van der Waals surface area contributed by atoms with Gasteiger partial charge in [0.05, 0.1) is 0 Å². The zero-order chi connectivity index (χ0) is 11.1. The first-order valence-corrected chi connectivity index (χ1v) is 7.39. The molecule has 0 aromatic heterocycles. The standard InChI is InChI=1S/C12H21BrClN/c1-11(9-14)10-15(8-7-13)12-5-3-2-4-6-12/h9,12H,2-8,10H2,1H3. The fourth-order valence-electron chi connectivity index (χ4n) is 2.30. The van der Waals surface area contributed by atoms with Crippen LogP contribution in [0.3, 0.4) is 0 Å². The smallest absolute Gasteiger partial charge is 0.0205 e. The molecule has 1 nitrogen and oxygen atoms in total. The third-order valence-corrected chi connectivity index (χ3v) is 3.83. The van der Waals surface area contributed by atoms with E-state index in [0.717, 1.165) is 24.5 Å². The summed E-state index contributed by atoms with van der Waals surface area (Å²) < 4.78 is 0. The highest BCUT2D eigenvalue weighted by Gasteiger charge is 2.20. The molecule has 0 bridgehead atoms. The minimum absolute atomic E-state index is 0.780. The number of nitrogens with zero attached hydrogens (tertiary/aromatic N) is 1. The van der Waals surface area contributed by atoms with E-state index in [1.807, 2.05) is 0 Å². The average molecular weight is 295 g/mol. The number of rotatable bonds is 5. The SMILES string of the molecule is CC(=CCl)CN(CCBr)C1CCCCC1. The number of hydrogen-bond acceptors (Lipinski definition) is 1. The lowest BCUT2D eigenvalue weighted by Gasteiger charge is -2.34. The molecule has 0 heterocycles. The van der Waals surface area contributed by atoms with E-state index in [4.69, 9.17) is 11.6 Å². The fourth-order valence-corrected chi connectivity index (χ4v) is 2.82. The molecule has 1 rings (SSSR count). The van der Waals surface area contributed by atoms with Crippen molar-refractivity contribution < 1.29 is 0 Å². The molecule has 1 aliphatic carbocycles. The minimum Gasteiger partial charge on any atom is -0.296 e. The van der Waals surface area contributed by atoms with Crippen LogP contribution in [0, 0.1) is 0 Å². The van der Waals surface area contributed by atoms with E-state index in [2.05, 4.69) is 27.8 Å². The highest BCUT2D eigenvalue weighted by Crippen LogP contribution is 2.23. The Morgan fingerprint density at radius 2 is 2.07 bits per heavy atom. The molecular formula is C12H21BrClN. The van der Waals surface area contributed by atoms with E-state index < -0.39 is 0 Å². The van der Waals surface area contributed by atoms with Crippen molar-refractivity contribution >= 4 is 27.5 Å². The summed E-state index contributed by atoms with van der Waals surface area (Å²) >= 11 is 9.27. The van der Waals surface area contributed by atoms with Crippen LogP contribution >= 0.6 is 27.5 Å². The van der Waals surface area contributed by atoms with E-state index >= 15 is 0 Å². The molecule has 1 aliphatic rings. The van der Waals surface area contributed by atoms with Crippen LogP contribution in [0.2, 0.25) is 0 Å². The lowest BCUT2D eigenvalue weighted by atomic mass is 9.94. The normalized spacial score (nSPS) is 19.9. The summed E-state index contributed by atoms with van der Waals surface area (Å²) in [5.41, 5.74) is 2.98. The number of hydrogen-bond donors (Lipinski definition) is 0. The van der Waals surface area contributed by atoms with Crippen molar-refractivity contribution in [2.45, 2.75) is 45.1 Å². The fraction of sp³-hybridized carbons (Fsp3) is 0.833. The Morgan fingerprint density at radius 1 is 1.40 bits per heavy atom. The highest BCUT2D eigenvalue weighted by atomic mass is 79.9. The molecule has 3 heteroatoms. The van der Waals surface area contributed by atoms with Crippen LogP contribution in [-0.4, -0.2) is 29.4 Å². The number of alkyl halides is 1. The molecule has 1 saturated carbocycles. The molecule has 0 amide bonds. The van der Waals surface area contributed by atoms with Crippen molar-refractivity contribution in [1.82, 2.24) is 4.90 Å². The van der Waals surface area contributed by atoms with Crippen molar-refractivity contribution in [3.05, 3.63) is 11.1 Å². The van der Waals surface area contributed by atoms with Crippen LogP contribution in [0.1, 0.15) is 39.0 Å². The third-order valence-electron chi connectivity index (χ3n) is 3.10. The van der Waals surface area contributed by atoms with Gasteiger partial charge in [0.25, 0.3) is 0 Å². The molecule has 0 spiro atoms. The molecule has 0 unspecified atom stereocenters. The van der Waals surface area contributed by atoms with Gasteiger partial charge in [0.2, 0.25) is 0 Å². The Balaban J connectivity index is 2.47. The van der Waals surface area contributed by atoms with Gasteiger partial charge in [-0.3, -0.25) is 4.90 Å². The van der Waals surface area contributed by atoms with Crippen LogP contribution < -0.4 is 0 Å². The monoisotopic (exact) mass is 293 g/mol. The zero-order valence-electron chi connectivity index (χ0n) is 9.51. The predicted octanol–water partition coefficient (Wildman–Crippen LogP) is 4.16. The van der Waals surface area contributed by atoms with E-state index in [1.54, 1.807) is 5.54 Å². The second-order valence-electron chi connectivity index (χ2n) is 4.41. The van der Waals surface area contributed by atoms with Gasteiger partial charge in [0, 0.05) is 30.0 Å². The van der Waals surface area contributed by atoms with E-state index in [0.29, 0.717) is 0 Å². The van der Waals surface area contributed by atoms with E-state index in [9.17, 15) is 0 Å². The van der Waals surface area contributed by atoms with Gasteiger partial charge < -0.3 is 0 Å². The average Bonchev–Trinajstić information content (AvgIpc) is 2.29. The van der Waals surface area contributed by atoms with Gasteiger partial charge in [-0.2, -0.15) is 0 Å². The van der Waals surface area contributed by atoms with Crippen molar-refractivity contribution in [2.75, 3.05) is 18.4 Å². The van der Waals surface area contributed by atoms with Crippen molar-refractivity contribution in [3.63, 3.8) is 0 Å². The summed E-state index contributed by atoms with van der Waals surface area (Å²) in [7, 11) is 0. The molecule has 15 heavy (non-hydrogen) atoms. The lowest BCUT2D eigenvalue weighted by Crippen LogP contribution is -2.39. The maximum atomic E-state index is 5.73. The molecule has 0 atom stereocenters. The van der Waals surface area contributed by atoms with E-state index in [-0.39, 0.29) is 0 Å². The summed E-state index contributed by atoms with van der Waals surface area (Å²) in [6.45, 7) is 4.27. The highest BCUT2D eigenvalue weighted by molar-refractivity contribution is 9.09. The lowest BCUT2D eigenvalue weighted by molar-refractivity contribution is 0.179. The minimum atomic E-state index is 0.780. The molecule has 0 aromatic carbocycles. The first kappa shape index (κ1) is 13.5. The Hall–Kier alpha value is 0.470. The van der Waals surface area contributed by atoms with Gasteiger partial charge in [-0.1, -0.05) is 46.8 Å². The van der Waals surface area contributed by atoms with Gasteiger partial charge in [-0.15, -0.1) is 0 Å². The predicted molar refractivity (Wildman–Crippen MR) is 71.9 cm³/mol. The Morgan fingerprint density at radius 3 is 2.60 bits per heavy atom. The third kappa shape index (κ3) is 4.88. The molecule has 0 N–H and O–H groups in total. The summed E-state index contributed by atoms with van der Waals surface area (Å²) in [4.78, 5) is 2.57. The second-order valence-corrected chi connectivity index (χ2v) is 5.42. The summed E-state index contributed by atoms with van der Waals surface area (Å²) in [5, 5.41) is 1.05. The summed E-state index contributed by atoms with van der Waals surface area (Å²) in [6, 6.07) is 0.780. The zero-order valence-corrected chi connectivity index (χ0v) is 11.9. The van der Waals surface area contributed by atoms with Crippen LogP contribution in [0.25, 0.3) is 0 Å². The molecule has 0 aliphatic heterocycles. The molecule has 0 aromatic rings. The Kier molecular flexibility index (Phi) is 6.94. The molecule has 1 fully saturated rings. The maximum absolute atomic E-state index is 5.73. The van der Waals surface area contributed by atoms with Crippen LogP contribution in [0.5, 0.6) is 0 Å². The molecule has 0 radical (unpaired) electrons. The Labute approximate surface area is 107 Å². The second kappa shape index (κ2) is 7.70. The first-order chi connectivity index (χ1) is 7.27. The summed E-state index contributed by atoms with van der Waals surface area (Å²) in [6.07, 6.45) is 6.94. The van der Waals surface area contributed by atoms with Crippen molar-refractivity contribution in [2.24, 2.45) is 0 Å². The largest absolute Gasteiger partial charge is 0.296 e. The van der Waals surface area contributed by atoms with Gasteiger partial charge in [-0.25, -0.2) is 0 Å². The van der Waals surface area contributed by atoms with Gasteiger partial charge in [-0.05, 0) is 25.3 Å².